The molecule has 1 N–H and O–H groups in total. The molecule has 11 heteroatoms. The van der Waals surface area contributed by atoms with E-state index in [9.17, 15) is 22.8 Å². The highest BCUT2D eigenvalue weighted by Gasteiger charge is 2.30. The molecule has 2 aromatic heterocycles. The lowest BCUT2D eigenvalue weighted by Crippen LogP contribution is -2.32. The second-order valence-electron chi connectivity index (χ2n) is 5.67. The molecule has 27 heavy (non-hydrogen) atoms. The van der Waals surface area contributed by atoms with Gasteiger partial charge in [0.1, 0.15) is 12.3 Å². The van der Waals surface area contributed by atoms with Crippen molar-refractivity contribution in [1.82, 2.24) is 24.5 Å². The first-order chi connectivity index (χ1) is 12.7. The molecule has 0 fully saturated rings. The van der Waals surface area contributed by atoms with E-state index in [1.54, 1.807) is 6.92 Å². The first kappa shape index (κ1) is 18.4. The average Bonchev–Trinajstić information content (AvgIpc) is 2.89. The highest BCUT2D eigenvalue weighted by Crippen LogP contribution is 2.22. The number of carbonyl (C=O) groups excluding carboxylic acids is 1. The minimum absolute atomic E-state index is 0.0773. The van der Waals surface area contributed by atoms with Crippen molar-refractivity contribution in [2.45, 2.75) is 26.4 Å². The van der Waals surface area contributed by atoms with Crippen molar-refractivity contribution in [2.24, 2.45) is 0 Å². The lowest BCUT2D eigenvalue weighted by atomic mass is 10.2. The number of ether oxygens (including phenoxy) is 1. The van der Waals surface area contributed by atoms with E-state index in [0.717, 1.165) is 16.8 Å². The van der Waals surface area contributed by atoms with Gasteiger partial charge in [0.15, 0.2) is 5.65 Å². The molecular weight excluding hydrogens is 367 g/mol. The second-order valence-corrected chi connectivity index (χ2v) is 5.67. The Morgan fingerprint density at radius 1 is 1.26 bits per heavy atom. The highest BCUT2D eigenvalue weighted by molar-refractivity contribution is 5.75. The molecule has 0 saturated carbocycles. The molecular formula is C16H14F3N5O3. The van der Waals surface area contributed by atoms with Gasteiger partial charge in [-0.05, 0) is 24.6 Å². The zero-order valence-corrected chi connectivity index (χ0v) is 14.0. The number of hydrogen-bond acceptors (Lipinski definition) is 5. The van der Waals surface area contributed by atoms with Crippen LogP contribution >= 0.6 is 0 Å². The van der Waals surface area contributed by atoms with Gasteiger partial charge in [0.25, 0.3) is 0 Å². The lowest BCUT2D eigenvalue weighted by molar-refractivity contribution is -0.274. The van der Waals surface area contributed by atoms with Crippen LogP contribution in [0.15, 0.2) is 41.5 Å². The topological polar surface area (TPSA) is 90.5 Å². The van der Waals surface area contributed by atoms with Gasteiger partial charge < -0.3 is 10.1 Å². The number of aromatic nitrogens is 4. The van der Waals surface area contributed by atoms with Gasteiger partial charge in [0, 0.05) is 12.7 Å². The summed E-state index contributed by atoms with van der Waals surface area (Å²) in [7, 11) is 0. The zero-order chi connectivity index (χ0) is 19.6. The standard InChI is InChI=1S/C16H14F3N5O3/c1-10-8-23-13(7-20-10)22-24(15(23)26)9-14(25)21-6-11-2-4-12(5-3-11)27-16(17,18)19/h2-5,7-8H,6,9H2,1H3,(H,21,25). The van der Waals surface area contributed by atoms with Crippen LogP contribution in [0.5, 0.6) is 5.75 Å². The summed E-state index contributed by atoms with van der Waals surface area (Å²) in [6.07, 6.45) is -1.81. The van der Waals surface area contributed by atoms with Crippen molar-refractivity contribution in [2.75, 3.05) is 0 Å². The number of hydrogen-bond donors (Lipinski definition) is 1. The number of alkyl halides is 3. The van der Waals surface area contributed by atoms with Gasteiger partial charge in [-0.15, -0.1) is 18.3 Å². The van der Waals surface area contributed by atoms with Crippen LogP contribution in [0, 0.1) is 6.92 Å². The third-order valence-electron chi connectivity index (χ3n) is 3.54. The third kappa shape index (κ3) is 4.63. The lowest BCUT2D eigenvalue weighted by Gasteiger charge is -2.09. The Hall–Kier alpha value is -3.37. The fraction of sp³-hybridized carbons (Fsp3) is 0.250. The predicted molar refractivity (Wildman–Crippen MR) is 87.0 cm³/mol. The molecule has 2 heterocycles. The third-order valence-corrected chi connectivity index (χ3v) is 3.54. The molecule has 1 amide bonds. The predicted octanol–water partition coefficient (Wildman–Crippen LogP) is 1.41. The number of nitrogens with zero attached hydrogens (tertiary/aromatic N) is 4. The Balaban J connectivity index is 1.60. The van der Waals surface area contributed by atoms with Crippen LogP contribution in [0.4, 0.5) is 13.2 Å². The van der Waals surface area contributed by atoms with E-state index in [-0.39, 0.29) is 18.8 Å². The zero-order valence-electron chi connectivity index (χ0n) is 14.0. The average molecular weight is 381 g/mol. The maximum absolute atomic E-state index is 12.2. The molecule has 0 atom stereocenters. The van der Waals surface area contributed by atoms with Crippen LogP contribution in [0.1, 0.15) is 11.3 Å². The van der Waals surface area contributed by atoms with E-state index in [0.29, 0.717) is 16.9 Å². The summed E-state index contributed by atoms with van der Waals surface area (Å²) in [6, 6.07) is 5.09. The van der Waals surface area contributed by atoms with Crippen molar-refractivity contribution in [3.8, 4) is 5.75 Å². The van der Waals surface area contributed by atoms with E-state index in [1.165, 1.54) is 28.9 Å². The van der Waals surface area contributed by atoms with Crippen LogP contribution in [-0.2, 0) is 17.9 Å². The van der Waals surface area contributed by atoms with Crippen LogP contribution < -0.4 is 15.7 Å². The van der Waals surface area contributed by atoms with Crippen molar-refractivity contribution in [1.29, 1.82) is 0 Å². The van der Waals surface area contributed by atoms with E-state index < -0.39 is 18.0 Å². The maximum atomic E-state index is 12.2. The SMILES string of the molecule is Cc1cn2c(=O)n(CC(=O)NCc3ccc(OC(F)(F)F)cc3)nc2cn1. The van der Waals surface area contributed by atoms with E-state index in [4.69, 9.17) is 0 Å². The summed E-state index contributed by atoms with van der Waals surface area (Å²) in [5.74, 6) is -0.821. The summed E-state index contributed by atoms with van der Waals surface area (Å²) < 4.78 is 42.4. The van der Waals surface area contributed by atoms with E-state index >= 15 is 0 Å². The Morgan fingerprint density at radius 3 is 2.63 bits per heavy atom. The van der Waals surface area contributed by atoms with Crippen molar-refractivity contribution in [3.05, 3.63) is 58.4 Å². The second kappa shape index (κ2) is 7.09. The highest BCUT2D eigenvalue weighted by atomic mass is 19.4. The molecule has 0 saturated heterocycles. The van der Waals surface area contributed by atoms with Crippen molar-refractivity contribution in [3.63, 3.8) is 0 Å². The number of nitrogens with one attached hydrogen (secondary N) is 1. The van der Waals surface area contributed by atoms with Gasteiger partial charge in [-0.3, -0.25) is 9.78 Å². The monoisotopic (exact) mass is 381 g/mol. The Labute approximate surface area is 150 Å². The summed E-state index contributed by atoms with van der Waals surface area (Å²) >= 11 is 0. The minimum atomic E-state index is -4.76. The molecule has 0 unspecified atom stereocenters. The van der Waals surface area contributed by atoms with Crippen LogP contribution in [-0.4, -0.2) is 31.4 Å². The number of aryl methyl sites for hydroxylation is 1. The summed E-state index contributed by atoms with van der Waals surface area (Å²) in [5.41, 5.74) is 1.05. The fourth-order valence-electron chi connectivity index (χ4n) is 2.33. The molecule has 0 aliphatic heterocycles. The normalized spacial score (nSPS) is 11.6. The van der Waals surface area contributed by atoms with Gasteiger partial charge in [-0.1, -0.05) is 12.1 Å². The van der Waals surface area contributed by atoms with Gasteiger partial charge >= 0.3 is 12.1 Å². The summed E-state index contributed by atoms with van der Waals surface area (Å²) in [5, 5.41) is 6.59. The first-order valence-corrected chi connectivity index (χ1v) is 7.74. The molecule has 0 aliphatic carbocycles. The summed E-state index contributed by atoms with van der Waals surface area (Å²) in [6.45, 7) is 1.50. The molecule has 0 spiro atoms. The molecule has 0 bridgehead atoms. The maximum Gasteiger partial charge on any atom is 0.573 e. The number of carbonyl (C=O) groups is 1. The Bertz CT molecular complexity index is 1020. The van der Waals surface area contributed by atoms with Crippen LogP contribution in [0.2, 0.25) is 0 Å². The largest absolute Gasteiger partial charge is 0.573 e. The van der Waals surface area contributed by atoms with Gasteiger partial charge in [0.05, 0.1) is 11.9 Å². The van der Waals surface area contributed by atoms with Crippen LogP contribution in [0.25, 0.3) is 5.65 Å². The number of benzene rings is 1. The number of halogens is 3. The smallest absolute Gasteiger partial charge is 0.406 e. The molecule has 1 aromatic carbocycles. The number of rotatable bonds is 5. The van der Waals surface area contributed by atoms with E-state index in [2.05, 4.69) is 20.1 Å². The molecule has 0 radical (unpaired) electrons. The summed E-state index contributed by atoms with van der Waals surface area (Å²) in [4.78, 5) is 28.2. The van der Waals surface area contributed by atoms with Gasteiger partial charge in [-0.2, -0.15) is 0 Å². The molecule has 0 aliphatic rings. The van der Waals surface area contributed by atoms with Crippen molar-refractivity contribution < 1.29 is 22.7 Å². The molecule has 3 aromatic rings. The van der Waals surface area contributed by atoms with Gasteiger partial charge in [-0.25, -0.2) is 13.9 Å². The molecule has 142 valence electrons. The quantitative estimate of drug-likeness (QED) is 0.722. The molecule has 3 rings (SSSR count). The minimum Gasteiger partial charge on any atom is -0.406 e. The number of amides is 1. The fourth-order valence-corrected chi connectivity index (χ4v) is 2.33. The Morgan fingerprint density at radius 2 is 1.96 bits per heavy atom. The Kier molecular flexibility index (Phi) is 4.84. The molecule has 8 nitrogen and oxygen atoms in total. The van der Waals surface area contributed by atoms with Crippen LogP contribution in [0.3, 0.4) is 0 Å². The van der Waals surface area contributed by atoms with Crippen molar-refractivity contribution >= 4 is 11.6 Å². The van der Waals surface area contributed by atoms with E-state index in [1.807, 2.05) is 0 Å². The first-order valence-electron chi connectivity index (χ1n) is 7.74. The van der Waals surface area contributed by atoms with Gasteiger partial charge in [0.2, 0.25) is 5.91 Å². The number of fused-ring (bicyclic) bond motifs is 1.